The van der Waals surface area contributed by atoms with Gasteiger partial charge in [-0.1, -0.05) is 13.8 Å². The molecule has 18 heavy (non-hydrogen) atoms. The van der Waals surface area contributed by atoms with E-state index in [1.165, 1.54) is 0 Å². The summed E-state index contributed by atoms with van der Waals surface area (Å²) in [6.07, 6.45) is 0.842. The van der Waals surface area contributed by atoms with Crippen LogP contribution in [0.3, 0.4) is 0 Å². The molecule has 0 bridgehead atoms. The van der Waals surface area contributed by atoms with Crippen molar-refractivity contribution in [2.75, 3.05) is 7.11 Å². The molecule has 0 aliphatic heterocycles. The molecule has 2 rings (SSSR count). The quantitative estimate of drug-likeness (QED) is 0.853. The Morgan fingerprint density at radius 1 is 1.39 bits per heavy atom. The maximum atomic E-state index is 12.0. The molecule has 2 atom stereocenters. The molecule has 1 aliphatic carbocycles. The Morgan fingerprint density at radius 3 is 2.44 bits per heavy atom. The number of carbonyl (C=O) groups excluding carboxylic acids is 1. The normalized spacial score (nSPS) is 25.1. The van der Waals surface area contributed by atoms with Gasteiger partial charge in [0, 0.05) is 23.1 Å². The van der Waals surface area contributed by atoms with Crippen LogP contribution in [0.1, 0.15) is 30.6 Å². The number of hydrogen-bond donors (Lipinski definition) is 2. The van der Waals surface area contributed by atoms with Crippen molar-refractivity contribution in [3.05, 3.63) is 29.8 Å². The van der Waals surface area contributed by atoms with E-state index >= 15 is 0 Å². The Labute approximate surface area is 108 Å². The number of ether oxygens (including phenoxy) is 1. The predicted octanol–water partition coefficient (Wildman–Crippen LogP) is 1.55. The molecule has 2 unspecified atom stereocenters. The molecule has 1 amide bonds. The van der Waals surface area contributed by atoms with Crippen molar-refractivity contribution in [2.24, 2.45) is 11.1 Å². The second-order valence-electron chi connectivity index (χ2n) is 5.42. The SMILES string of the molecule is COc1ccc(C(=O)NC2CC(N)C2(C)C)cc1. The fraction of sp³-hybridized carbons (Fsp3) is 0.500. The van der Waals surface area contributed by atoms with Crippen molar-refractivity contribution < 1.29 is 9.53 Å². The number of nitrogens with two attached hydrogens (primary N) is 1. The monoisotopic (exact) mass is 248 g/mol. The number of carbonyl (C=O) groups is 1. The Balaban J connectivity index is 2.00. The van der Waals surface area contributed by atoms with Gasteiger partial charge >= 0.3 is 0 Å². The average Bonchev–Trinajstić information content (AvgIpc) is 2.38. The van der Waals surface area contributed by atoms with E-state index in [0.29, 0.717) is 5.56 Å². The van der Waals surface area contributed by atoms with Crippen LogP contribution in [0, 0.1) is 5.41 Å². The number of rotatable bonds is 3. The number of amides is 1. The van der Waals surface area contributed by atoms with Gasteiger partial charge in [-0.05, 0) is 30.7 Å². The lowest BCUT2D eigenvalue weighted by Gasteiger charge is -2.50. The van der Waals surface area contributed by atoms with Crippen molar-refractivity contribution in [3.63, 3.8) is 0 Å². The Bertz CT molecular complexity index is 440. The van der Waals surface area contributed by atoms with Crippen LogP contribution in [0.5, 0.6) is 5.75 Å². The highest BCUT2D eigenvalue weighted by Crippen LogP contribution is 2.39. The van der Waals surface area contributed by atoms with E-state index in [1.807, 2.05) is 0 Å². The zero-order valence-corrected chi connectivity index (χ0v) is 11.1. The topological polar surface area (TPSA) is 64.3 Å². The zero-order valence-electron chi connectivity index (χ0n) is 11.1. The lowest BCUT2D eigenvalue weighted by atomic mass is 9.63. The molecule has 1 aliphatic rings. The van der Waals surface area contributed by atoms with E-state index in [9.17, 15) is 4.79 Å². The highest BCUT2D eigenvalue weighted by atomic mass is 16.5. The van der Waals surface area contributed by atoms with E-state index in [1.54, 1.807) is 31.4 Å². The van der Waals surface area contributed by atoms with Gasteiger partial charge in [0.25, 0.3) is 5.91 Å². The molecular weight excluding hydrogens is 228 g/mol. The van der Waals surface area contributed by atoms with Crippen LogP contribution in [-0.4, -0.2) is 25.1 Å². The van der Waals surface area contributed by atoms with Gasteiger partial charge in [0.15, 0.2) is 0 Å². The highest BCUT2D eigenvalue weighted by molar-refractivity contribution is 5.94. The molecule has 0 saturated heterocycles. The number of methoxy groups -OCH3 is 1. The van der Waals surface area contributed by atoms with Gasteiger partial charge in [-0.15, -0.1) is 0 Å². The van der Waals surface area contributed by atoms with E-state index in [4.69, 9.17) is 10.5 Å². The number of nitrogens with one attached hydrogen (secondary N) is 1. The maximum Gasteiger partial charge on any atom is 0.251 e. The first-order chi connectivity index (χ1) is 8.45. The summed E-state index contributed by atoms with van der Waals surface area (Å²) in [5.41, 5.74) is 6.55. The van der Waals surface area contributed by atoms with Gasteiger partial charge in [0.1, 0.15) is 5.75 Å². The summed E-state index contributed by atoms with van der Waals surface area (Å²) in [6, 6.07) is 7.42. The summed E-state index contributed by atoms with van der Waals surface area (Å²) in [5.74, 6) is 0.695. The number of benzene rings is 1. The van der Waals surface area contributed by atoms with Gasteiger partial charge in [-0.2, -0.15) is 0 Å². The van der Waals surface area contributed by atoms with Crippen molar-refractivity contribution in [3.8, 4) is 5.75 Å². The highest BCUT2D eigenvalue weighted by Gasteiger charge is 2.46. The minimum absolute atomic E-state index is 0.0257. The lowest BCUT2D eigenvalue weighted by molar-refractivity contribution is 0.0586. The minimum Gasteiger partial charge on any atom is -0.497 e. The molecule has 1 saturated carbocycles. The zero-order chi connectivity index (χ0) is 13.3. The standard InChI is InChI=1S/C14H20N2O2/c1-14(2)11(15)8-12(14)16-13(17)9-4-6-10(18-3)7-5-9/h4-7,11-12H,8,15H2,1-3H3,(H,16,17). The summed E-state index contributed by atoms with van der Waals surface area (Å²) >= 11 is 0. The third-order valence-corrected chi connectivity index (χ3v) is 4.00. The average molecular weight is 248 g/mol. The lowest BCUT2D eigenvalue weighted by Crippen LogP contribution is -2.64. The van der Waals surface area contributed by atoms with Gasteiger partial charge in [-0.3, -0.25) is 4.79 Å². The molecule has 4 heteroatoms. The van der Waals surface area contributed by atoms with Crippen molar-refractivity contribution >= 4 is 5.91 Å². The summed E-state index contributed by atoms with van der Waals surface area (Å²) in [5, 5.41) is 3.03. The van der Waals surface area contributed by atoms with Gasteiger partial charge in [-0.25, -0.2) is 0 Å². The summed E-state index contributed by atoms with van der Waals surface area (Å²) < 4.78 is 5.06. The fourth-order valence-electron chi connectivity index (χ4n) is 2.19. The minimum atomic E-state index is -0.0531. The largest absolute Gasteiger partial charge is 0.497 e. The van der Waals surface area contributed by atoms with Gasteiger partial charge in [0.2, 0.25) is 0 Å². The van der Waals surface area contributed by atoms with Crippen LogP contribution in [0.15, 0.2) is 24.3 Å². The Kier molecular flexibility index (Phi) is 3.30. The molecule has 98 valence electrons. The third-order valence-electron chi connectivity index (χ3n) is 4.00. The van der Waals surface area contributed by atoms with Crippen LogP contribution < -0.4 is 15.8 Å². The van der Waals surface area contributed by atoms with Crippen LogP contribution in [-0.2, 0) is 0 Å². The molecule has 1 aromatic rings. The first kappa shape index (κ1) is 12.9. The molecule has 1 fully saturated rings. The van der Waals surface area contributed by atoms with Crippen molar-refractivity contribution in [1.29, 1.82) is 0 Å². The van der Waals surface area contributed by atoms with E-state index in [0.717, 1.165) is 12.2 Å². The third kappa shape index (κ3) is 2.20. The molecule has 3 N–H and O–H groups in total. The number of hydrogen-bond acceptors (Lipinski definition) is 3. The summed E-state index contributed by atoms with van der Waals surface area (Å²) in [4.78, 5) is 12.0. The molecule has 4 nitrogen and oxygen atoms in total. The smallest absolute Gasteiger partial charge is 0.251 e. The van der Waals surface area contributed by atoms with Crippen LogP contribution >= 0.6 is 0 Å². The van der Waals surface area contributed by atoms with Crippen molar-refractivity contribution in [2.45, 2.75) is 32.4 Å². The fourth-order valence-corrected chi connectivity index (χ4v) is 2.19. The molecule has 0 radical (unpaired) electrons. The molecule has 1 aromatic carbocycles. The van der Waals surface area contributed by atoms with Gasteiger partial charge in [0.05, 0.1) is 7.11 Å². The Morgan fingerprint density at radius 2 is 2.00 bits per heavy atom. The molecule has 0 spiro atoms. The second-order valence-corrected chi connectivity index (χ2v) is 5.42. The summed E-state index contributed by atoms with van der Waals surface area (Å²) in [6.45, 7) is 4.17. The van der Waals surface area contributed by atoms with Crippen LogP contribution in [0.2, 0.25) is 0 Å². The van der Waals surface area contributed by atoms with E-state index in [2.05, 4.69) is 19.2 Å². The van der Waals surface area contributed by atoms with Crippen molar-refractivity contribution in [1.82, 2.24) is 5.32 Å². The first-order valence-corrected chi connectivity index (χ1v) is 6.15. The molecular formula is C14H20N2O2. The summed E-state index contributed by atoms with van der Waals surface area (Å²) in [7, 11) is 1.60. The molecule has 0 heterocycles. The first-order valence-electron chi connectivity index (χ1n) is 6.15. The second kappa shape index (κ2) is 4.61. The van der Waals surface area contributed by atoms with Crippen LogP contribution in [0.4, 0.5) is 0 Å². The Hall–Kier alpha value is -1.55. The van der Waals surface area contributed by atoms with E-state index < -0.39 is 0 Å². The predicted molar refractivity (Wildman–Crippen MR) is 70.6 cm³/mol. The molecule has 0 aromatic heterocycles. The van der Waals surface area contributed by atoms with E-state index in [-0.39, 0.29) is 23.4 Å². The van der Waals surface area contributed by atoms with Crippen LogP contribution in [0.25, 0.3) is 0 Å². The van der Waals surface area contributed by atoms with Gasteiger partial charge < -0.3 is 15.8 Å². The maximum absolute atomic E-state index is 12.0.